The van der Waals surface area contributed by atoms with Crippen LogP contribution in [0.5, 0.6) is 0 Å². The molecule has 0 atom stereocenters. The molecule has 1 aliphatic rings. The summed E-state index contributed by atoms with van der Waals surface area (Å²) in [7, 11) is 0. The fourth-order valence-corrected chi connectivity index (χ4v) is 8.82. The molecule has 4 nitrogen and oxygen atoms in total. The van der Waals surface area contributed by atoms with Gasteiger partial charge in [-0.25, -0.2) is 4.98 Å². The maximum atomic E-state index is 5.34. The zero-order valence-electron chi connectivity index (χ0n) is 31.1. The topological polar surface area (TPSA) is 43.6 Å². The second-order valence-electron chi connectivity index (χ2n) is 15.3. The van der Waals surface area contributed by atoms with E-state index in [0.29, 0.717) is 17.6 Å². The van der Waals surface area contributed by atoms with Gasteiger partial charge in [-0.1, -0.05) is 178 Å². The van der Waals surface area contributed by atoms with Gasteiger partial charge in [0.2, 0.25) is 5.95 Å². The van der Waals surface area contributed by atoms with Crippen LogP contribution in [0.1, 0.15) is 25.0 Å². The molecule has 0 aliphatic heterocycles. The zero-order chi connectivity index (χ0) is 37.4. The fraction of sp³-hybridized carbons (Fsp3) is 0.0577. The van der Waals surface area contributed by atoms with Crippen molar-refractivity contribution in [2.75, 3.05) is 0 Å². The Kier molecular flexibility index (Phi) is 7.17. The minimum atomic E-state index is -0.121. The summed E-state index contributed by atoms with van der Waals surface area (Å²) in [5.41, 5.74) is 13.8. The standard InChI is InChI=1S/C52H36N4/c1-52(2)45-23-12-11-20-41(45)42-29-28-39(31-46(42)52)40-21-13-22-43-44-30-37-18-9-10-19-38(37)32-47(44)56(48(40)43)51-54-49(35-16-7-4-8-17-35)53-50(55-51)36-26-24-34(25-27-36)33-14-5-3-6-15-33/h3-32H,1-2H3. The molecule has 2 aromatic heterocycles. The van der Waals surface area contributed by atoms with Gasteiger partial charge in [0.25, 0.3) is 0 Å². The van der Waals surface area contributed by atoms with E-state index in [1.165, 1.54) is 33.2 Å². The van der Waals surface area contributed by atoms with Crippen molar-refractivity contribution in [1.29, 1.82) is 0 Å². The van der Waals surface area contributed by atoms with Gasteiger partial charge in [-0.15, -0.1) is 0 Å². The number of para-hydroxylation sites is 1. The minimum Gasteiger partial charge on any atom is -0.277 e. The number of hydrogen-bond donors (Lipinski definition) is 0. The maximum absolute atomic E-state index is 5.34. The minimum absolute atomic E-state index is 0.121. The van der Waals surface area contributed by atoms with E-state index < -0.39 is 0 Å². The summed E-state index contributed by atoms with van der Waals surface area (Å²) in [5.74, 6) is 1.83. The van der Waals surface area contributed by atoms with Gasteiger partial charge in [0, 0.05) is 32.9 Å². The largest absolute Gasteiger partial charge is 0.277 e. The van der Waals surface area contributed by atoms with Crippen molar-refractivity contribution in [3.05, 3.63) is 193 Å². The van der Waals surface area contributed by atoms with Gasteiger partial charge in [0.1, 0.15) is 0 Å². The third-order valence-electron chi connectivity index (χ3n) is 11.7. The van der Waals surface area contributed by atoms with Crippen molar-refractivity contribution in [3.63, 3.8) is 0 Å². The molecule has 8 aromatic carbocycles. The molecular formula is C52H36N4. The van der Waals surface area contributed by atoms with Gasteiger partial charge in [0.05, 0.1) is 11.0 Å². The molecule has 0 bridgehead atoms. The van der Waals surface area contributed by atoms with E-state index in [9.17, 15) is 0 Å². The molecular weight excluding hydrogens is 681 g/mol. The quantitative estimate of drug-likeness (QED) is 0.178. The third kappa shape index (κ3) is 5.03. The van der Waals surface area contributed by atoms with Gasteiger partial charge in [0.15, 0.2) is 11.6 Å². The van der Waals surface area contributed by atoms with Crippen molar-refractivity contribution in [3.8, 4) is 62.1 Å². The third-order valence-corrected chi connectivity index (χ3v) is 11.7. The van der Waals surface area contributed by atoms with Gasteiger partial charge in [-0.2, -0.15) is 9.97 Å². The molecule has 0 unspecified atom stereocenters. The summed E-state index contributed by atoms with van der Waals surface area (Å²) in [4.78, 5) is 15.8. The summed E-state index contributed by atoms with van der Waals surface area (Å²) >= 11 is 0. The van der Waals surface area contributed by atoms with Crippen LogP contribution in [0.15, 0.2) is 182 Å². The van der Waals surface area contributed by atoms with E-state index in [1.807, 2.05) is 24.3 Å². The summed E-state index contributed by atoms with van der Waals surface area (Å²) < 4.78 is 2.27. The molecule has 10 aromatic rings. The van der Waals surface area contributed by atoms with Crippen LogP contribution in [-0.2, 0) is 5.41 Å². The molecule has 4 heteroatoms. The Morgan fingerprint density at radius 2 is 0.946 bits per heavy atom. The second kappa shape index (κ2) is 12.4. The molecule has 0 saturated heterocycles. The average molecular weight is 717 g/mol. The highest BCUT2D eigenvalue weighted by molar-refractivity contribution is 6.17. The van der Waals surface area contributed by atoms with E-state index in [4.69, 9.17) is 15.0 Å². The van der Waals surface area contributed by atoms with Gasteiger partial charge < -0.3 is 0 Å². The van der Waals surface area contributed by atoms with Crippen LogP contribution in [0, 0.1) is 0 Å². The molecule has 2 heterocycles. The first-order chi connectivity index (χ1) is 27.5. The SMILES string of the molecule is CC1(C)c2ccccc2-c2ccc(-c3cccc4c5cc6ccccc6cc5n(-c5nc(-c6ccccc6)nc(-c6ccc(-c7ccccc7)cc6)n5)c34)cc21. The van der Waals surface area contributed by atoms with Crippen LogP contribution in [0.25, 0.3) is 94.7 Å². The summed E-state index contributed by atoms with van der Waals surface area (Å²) in [6.07, 6.45) is 0. The predicted molar refractivity (Wildman–Crippen MR) is 231 cm³/mol. The smallest absolute Gasteiger partial charge is 0.238 e. The van der Waals surface area contributed by atoms with Crippen molar-refractivity contribution >= 4 is 32.6 Å². The summed E-state index contributed by atoms with van der Waals surface area (Å²) in [6, 6.07) is 64.9. The van der Waals surface area contributed by atoms with Crippen molar-refractivity contribution in [2.45, 2.75) is 19.3 Å². The highest BCUT2D eigenvalue weighted by atomic mass is 15.2. The normalized spacial score (nSPS) is 13.0. The first-order valence-corrected chi connectivity index (χ1v) is 19.2. The number of aromatic nitrogens is 4. The molecule has 0 N–H and O–H groups in total. The van der Waals surface area contributed by atoms with Gasteiger partial charge >= 0.3 is 0 Å². The molecule has 11 rings (SSSR count). The van der Waals surface area contributed by atoms with Crippen LogP contribution >= 0.6 is 0 Å². The van der Waals surface area contributed by atoms with Crippen LogP contribution < -0.4 is 0 Å². The Morgan fingerprint density at radius 3 is 1.70 bits per heavy atom. The van der Waals surface area contributed by atoms with Gasteiger partial charge in [-0.3, -0.25) is 4.57 Å². The molecule has 56 heavy (non-hydrogen) atoms. The average Bonchev–Trinajstić information content (AvgIpc) is 3.70. The van der Waals surface area contributed by atoms with E-state index in [-0.39, 0.29) is 5.41 Å². The Balaban J connectivity index is 1.19. The van der Waals surface area contributed by atoms with Gasteiger partial charge in [-0.05, 0) is 67.9 Å². The van der Waals surface area contributed by atoms with Crippen LogP contribution in [-0.4, -0.2) is 19.5 Å². The fourth-order valence-electron chi connectivity index (χ4n) is 8.82. The molecule has 0 radical (unpaired) electrons. The Bertz CT molecular complexity index is 3140. The lowest BCUT2D eigenvalue weighted by molar-refractivity contribution is 0.660. The Morgan fingerprint density at radius 1 is 0.393 bits per heavy atom. The highest BCUT2D eigenvalue weighted by Crippen LogP contribution is 2.50. The molecule has 0 amide bonds. The zero-order valence-corrected chi connectivity index (χ0v) is 31.1. The Labute approximate surface area is 325 Å². The number of benzene rings is 8. The van der Waals surface area contributed by atoms with Crippen LogP contribution in [0.3, 0.4) is 0 Å². The van der Waals surface area contributed by atoms with Crippen molar-refractivity contribution in [2.24, 2.45) is 0 Å². The second-order valence-corrected chi connectivity index (χ2v) is 15.3. The molecule has 0 spiro atoms. The number of fused-ring (bicyclic) bond motifs is 7. The summed E-state index contributed by atoms with van der Waals surface area (Å²) in [5, 5.41) is 4.67. The number of hydrogen-bond acceptors (Lipinski definition) is 3. The van der Waals surface area contributed by atoms with E-state index >= 15 is 0 Å². The first kappa shape index (κ1) is 32.3. The first-order valence-electron chi connectivity index (χ1n) is 19.2. The molecule has 0 saturated carbocycles. The Hall–Kier alpha value is -7.17. The van der Waals surface area contributed by atoms with Crippen molar-refractivity contribution in [1.82, 2.24) is 19.5 Å². The lowest BCUT2D eigenvalue weighted by atomic mass is 9.81. The lowest BCUT2D eigenvalue weighted by Crippen LogP contribution is -2.14. The van der Waals surface area contributed by atoms with Crippen molar-refractivity contribution < 1.29 is 0 Å². The molecule has 0 fully saturated rings. The van der Waals surface area contributed by atoms with Crippen LogP contribution in [0.4, 0.5) is 0 Å². The van der Waals surface area contributed by atoms with E-state index in [2.05, 4.69) is 176 Å². The lowest BCUT2D eigenvalue weighted by Gasteiger charge is -2.22. The predicted octanol–water partition coefficient (Wildman–Crippen LogP) is 13.1. The maximum Gasteiger partial charge on any atom is 0.238 e. The highest BCUT2D eigenvalue weighted by Gasteiger charge is 2.35. The number of nitrogens with zero attached hydrogens (tertiary/aromatic N) is 4. The molecule has 264 valence electrons. The molecule has 1 aliphatic carbocycles. The van der Waals surface area contributed by atoms with E-state index in [0.717, 1.165) is 55.0 Å². The summed E-state index contributed by atoms with van der Waals surface area (Å²) in [6.45, 7) is 4.68. The monoisotopic (exact) mass is 716 g/mol. The van der Waals surface area contributed by atoms with Crippen LogP contribution in [0.2, 0.25) is 0 Å². The van der Waals surface area contributed by atoms with E-state index in [1.54, 1.807) is 0 Å². The number of rotatable bonds is 5.